The molecule has 19 heavy (non-hydrogen) atoms. The van der Waals surface area contributed by atoms with Crippen LogP contribution in [0.3, 0.4) is 0 Å². The second-order valence-corrected chi connectivity index (χ2v) is 4.06. The van der Waals surface area contributed by atoms with Crippen LogP contribution in [0.25, 0.3) is 0 Å². The van der Waals surface area contributed by atoms with Crippen molar-refractivity contribution >= 4 is 11.8 Å². The van der Waals surface area contributed by atoms with Crippen LogP contribution in [0.5, 0.6) is 0 Å². The highest BCUT2D eigenvalue weighted by atomic mass is 16.1. The number of amides is 2. The molecule has 0 aliphatic carbocycles. The van der Waals surface area contributed by atoms with Crippen molar-refractivity contribution in [3.05, 3.63) is 65.0 Å². The summed E-state index contributed by atoms with van der Waals surface area (Å²) >= 11 is 0. The summed E-state index contributed by atoms with van der Waals surface area (Å²) in [6.45, 7) is 0. The Kier molecular flexibility index (Phi) is 3.56. The van der Waals surface area contributed by atoms with Gasteiger partial charge in [-0.25, -0.2) is 0 Å². The molecule has 0 atom stereocenters. The van der Waals surface area contributed by atoms with Crippen LogP contribution >= 0.6 is 0 Å². The average Bonchev–Trinajstić information content (AvgIpc) is 2.39. The van der Waals surface area contributed by atoms with Crippen LogP contribution in [-0.4, -0.2) is 16.8 Å². The van der Waals surface area contributed by atoms with Crippen LogP contribution in [0, 0.1) is 0 Å². The predicted octanol–water partition coefficient (Wildman–Crippen LogP) is 0.870. The molecule has 0 bridgehead atoms. The van der Waals surface area contributed by atoms with Gasteiger partial charge in [-0.2, -0.15) is 0 Å². The lowest BCUT2D eigenvalue weighted by atomic mass is 9.96. The summed E-state index contributed by atoms with van der Waals surface area (Å²) in [6.07, 6.45) is 1.98. The number of hydrogen-bond donors (Lipinski definition) is 2. The zero-order valence-corrected chi connectivity index (χ0v) is 10.2. The number of aromatic nitrogens is 1. The minimum atomic E-state index is -0.589. The number of nitrogens with zero attached hydrogens (tertiary/aromatic N) is 1. The van der Waals surface area contributed by atoms with Gasteiger partial charge in [0.2, 0.25) is 11.8 Å². The molecule has 1 heterocycles. The summed E-state index contributed by atoms with van der Waals surface area (Å²) in [6, 6.07) is 10.2. The van der Waals surface area contributed by atoms with Crippen molar-refractivity contribution in [1.29, 1.82) is 0 Å². The highest BCUT2D eigenvalue weighted by Crippen LogP contribution is 2.18. The molecule has 5 nitrogen and oxygen atoms in total. The first-order valence-corrected chi connectivity index (χ1v) is 5.71. The van der Waals surface area contributed by atoms with Gasteiger partial charge in [0, 0.05) is 29.4 Å². The van der Waals surface area contributed by atoms with Gasteiger partial charge < -0.3 is 11.5 Å². The molecule has 2 aromatic rings. The maximum Gasteiger partial charge on any atom is 0.249 e. The molecule has 0 saturated heterocycles. The molecular formula is C14H13N3O2. The average molecular weight is 255 g/mol. The summed E-state index contributed by atoms with van der Waals surface area (Å²) in [7, 11) is 0. The van der Waals surface area contributed by atoms with Crippen molar-refractivity contribution in [1.82, 2.24) is 4.98 Å². The van der Waals surface area contributed by atoms with Gasteiger partial charge in [0.25, 0.3) is 0 Å². The van der Waals surface area contributed by atoms with Gasteiger partial charge in [0.15, 0.2) is 0 Å². The van der Waals surface area contributed by atoms with Crippen LogP contribution < -0.4 is 11.5 Å². The Bertz CT molecular complexity index is 592. The summed E-state index contributed by atoms with van der Waals surface area (Å²) in [5.41, 5.74) is 12.5. The minimum Gasteiger partial charge on any atom is -0.366 e. The third-order valence-corrected chi connectivity index (χ3v) is 2.79. The number of rotatable bonds is 4. The molecule has 1 aromatic carbocycles. The molecule has 1 aromatic heterocycles. The van der Waals surface area contributed by atoms with Gasteiger partial charge >= 0.3 is 0 Å². The lowest BCUT2D eigenvalue weighted by molar-refractivity contribution is 0.0999. The maximum atomic E-state index is 11.4. The number of carbonyl (C=O) groups is 2. The van der Waals surface area contributed by atoms with Crippen molar-refractivity contribution < 1.29 is 9.59 Å². The van der Waals surface area contributed by atoms with Crippen LogP contribution in [-0.2, 0) is 6.42 Å². The van der Waals surface area contributed by atoms with Gasteiger partial charge in [-0.05, 0) is 29.8 Å². The lowest BCUT2D eigenvalue weighted by Gasteiger charge is -2.10. The van der Waals surface area contributed by atoms with Crippen LogP contribution in [0.4, 0.5) is 0 Å². The minimum absolute atomic E-state index is 0.293. The normalized spacial score (nSPS) is 10.1. The van der Waals surface area contributed by atoms with Crippen molar-refractivity contribution in [3.63, 3.8) is 0 Å². The number of nitrogens with two attached hydrogens (primary N) is 2. The predicted molar refractivity (Wildman–Crippen MR) is 70.5 cm³/mol. The van der Waals surface area contributed by atoms with Gasteiger partial charge in [0.05, 0.1) is 0 Å². The first-order valence-electron chi connectivity index (χ1n) is 5.71. The zero-order valence-electron chi connectivity index (χ0n) is 10.2. The number of pyridine rings is 1. The van der Waals surface area contributed by atoms with Crippen molar-refractivity contribution in [2.45, 2.75) is 6.42 Å². The summed E-state index contributed by atoms with van der Waals surface area (Å²) < 4.78 is 0. The van der Waals surface area contributed by atoms with Gasteiger partial charge in [-0.15, -0.1) is 0 Å². The molecule has 4 N–H and O–H groups in total. The van der Waals surface area contributed by atoms with E-state index < -0.39 is 11.8 Å². The highest BCUT2D eigenvalue weighted by Gasteiger charge is 2.16. The number of hydrogen-bond acceptors (Lipinski definition) is 3. The van der Waals surface area contributed by atoms with E-state index in [1.807, 2.05) is 12.1 Å². The van der Waals surface area contributed by atoms with E-state index in [9.17, 15) is 9.59 Å². The van der Waals surface area contributed by atoms with E-state index in [4.69, 9.17) is 11.5 Å². The van der Waals surface area contributed by atoms with Gasteiger partial charge in [-0.1, -0.05) is 12.1 Å². The van der Waals surface area contributed by atoms with Crippen molar-refractivity contribution in [2.24, 2.45) is 11.5 Å². The van der Waals surface area contributed by atoms with Gasteiger partial charge in [0.1, 0.15) is 0 Å². The molecule has 0 radical (unpaired) electrons. The van der Waals surface area contributed by atoms with E-state index in [-0.39, 0.29) is 0 Å². The first-order chi connectivity index (χ1) is 9.09. The molecule has 2 amide bonds. The molecule has 2 rings (SSSR count). The molecule has 5 heteroatoms. The smallest absolute Gasteiger partial charge is 0.249 e. The Labute approximate surface area is 110 Å². The van der Waals surface area contributed by atoms with Crippen molar-refractivity contribution in [2.75, 3.05) is 0 Å². The van der Waals surface area contributed by atoms with E-state index >= 15 is 0 Å². The summed E-state index contributed by atoms with van der Waals surface area (Å²) in [5.74, 6) is -1.18. The Balaban J connectivity index is 2.52. The molecule has 0 saturated carbocycles. The standard InChI is InChI=1S/C14H13N3O2/c15-13(18)10-5-3-6-11(14(16)19)12(10)8-9-4-1-2-7-17-9/h1-7H,8H2,(H2,15,18)(H2,16,19). The number of primary amides is 2. The van der Waals surface area contributed by atoms with Gasteiger partial charge in [-0.3, -0.25) is 14.6 Å². The Morgan fingerprint density at radius 2 is 1.58 bits per heavy atom. The third-order valence-electron chi connectivity index (χ3n) is 2.79. The first kappa shape index (κ1) is 12.8. The Morgan fingerprint density at radius 3 is 2.05 bits per heavy atom. The molecular weight excluding hydrogens is 242 g/mol. The van der Waals surface area contributed by atoms with E-state index in [1.165, 1.54) is 0 Å². The topological polar surface area (TPSA) is 99.1 Å². The van der Waals surface area contributed by atoms with Crippen LogP contribution in [0.15, 0.2) is 42.6 Å². The number of carbonyl (C=O) groups excluding carboxylic acids is 2. The monoisotopic (exact) mass is 255 g/mol. The Morgan fingerprint density at radius 1 is 0.947 bits per heavy atom. The summed E-state index contributed by atoms with van der Waals surface area (Å²) in [5, 5.41) is 0. The lowest BCUT2D eigenvalue weighted by Crippen LogP contribution is -2.20. The number of benzene rings is 1. The third kappa shape index (κ3) is 2.77. The van der Waals surface area contributed by atoms with E-state index in [0.29, 0.717) is 23.1 Å². The van der Waals surface area contributed by atoms with Crippen molar-refractivity contribution in [3.8, 4) is 0 Å². The fourth-order valence-corrected chi connectivity index (χ4v) is 1.92. The zero-order chi connectivity index (χ0) is 13.8. The van der Waals surface area contributed by atoms with Crippen LogP contribution in [0.2, 0.25) is 0 Å². The highest BCUT2D eigenvalue weighted by molar-refractivity contribution is 6.01. The molecule has 0 spiro atoms. The second-order valence-electron chi connectivity index (χ2n) is 4.06. The van der Waals surface area contributed by atoms with Crippen LogP contribution in [0.1, 0.15) is 32.0 Å². The van der Waals surface area contributed by atoms with E-state index in [1.54, 1.807) is 30.5 Å². The second kappa shape index (κ2) is 5.30. The maximum absolute atomic E-state index is 11.4. The van der Waals surface area contributed by atoms with E-state index in [0.717, 1.165) is 5.69 Å². The molecule has 0 fully saturated rings. The fraction of sp³-hybridized carbons (Fsp3) is 0.0714. The SMILES string of the molecule is NC(=O)c1cccc(C(N)=O)c1Cc1ccccn1. The fourth-order valence-electron chi connectivity index (χ4n) is 1.92. The molecule has 0 aliphatic heterocycles. The Hall–Kier alpha value is -2.69. The van der Waals surface area contributed by atoms with E-state index in [2.05, 4.69) is 4.98 Å². The summed E-state index contributed by atoms with van der Waals surface area (Å²) in [4.78, 5) is 27.0. The molecule has 96 valence electrons. The molecule has 0 aliphatic rings. The molecule has 0 unspecified atom stereocenters. The quantitative estimate of drug-likeness (QED) is 0.847. The largest absolute Gasteiger partial charge is 0.366 e.